The summed E-state index contributed by atoms with van der Waals surface area (Å²) >= 11 is 0. The smallest absolute Gasteiger partial charge is 0.358 e. The van der Waals surface area contributed by atoms with Crippen molar-refractivity contribution in [1.82, 2.24) is 4.98 Å². The number of rotatable bonds is 2. The number of esters is 1. The van der Waals surface area contributed by atoms with E-state index in [0.29, 0.717) is 16.7 Å². The molecule has 16 heavy (non-hydrogen) atoms. The predicted octanol–water partition coefficient (Wildman–Crippen LogP) is 2.10. The fourth-order valence-corrected chi connectivity index (χ4v) is 1.60. The standard InChI is InChI=1S/C11H10FNO3/c1-15-10-7-5-6(12)3-4-8(7)13-9(10)11(14)16-2/h3-5,13H,1-2H3. The lowest BCUT2D eigenvalue weighted by molar-refractivity contribution is 0.0591. The Hall–Kier alpha value is -2.04. The number of fused-ring (bicyclic) bond motifs is 1. The van der Waals surface area contributed by atoms with Crippen LogP contribution in [0, 0.1) is 5.82 Å². The Balaban J connectivity index is 2.71. The molecule has 0 spiro atoms. The molecule has 0 aliphatic heterocycles. The van der Waals surface area contributed by atoms with Crippen LogP contribution in [0.1, 0.15) is 10.5 Å². The van der Waals surface area contributed by atoms with E-state index in [-0.39, 0.29) is 11.5 Å². The molecule has 0 bridgehead atoms. The number of hydrogen-bond acceptors (Lipinski definition) is 3. The lowest BCUT2D eigenvalue weighted by atomic mass is 10.2. The SMILES string of the molecule is COC(=O)c1[nH]c2ccc(F)cc2c1OC. The molecular formula is C11H10FNO3. The van der Waals surface area contributed by atoms with Gasteiger partial charge in [-0.3, -0.25) is 0 Å². The number of methoxy groups -OCH3 is 2. The van der Waals surface area contributed by atoms with Gasteiger partial charge in [0.2, 0.25) is 0 Å². The maximum atomic E-state index is 13.1. The molecule has 0 aliphatic carbocycles. The summed E-state index contributed by atoms with van der Waals surface area (Å²) in [4.78, 5) is 14.2. The second kappa shape index (κ2) is 3.84. The topological polar surface area (TPSA) is 51.3 Å². The summed E-state index contributed by atoms with van der Waals surface area (Å²) in [5.74, 6) is -0.643. The third-order valence-electron chi connectivity index (χ3n) is 2.31. The van der Waals surface area contributed by atoms with Gasteiger partial charge in [0.25, 0.3) is 0 Å². The molecule has 4 nitrogen and oxygen atoms in total. The minimum absolute atomic E-state index is 0.186. The maximum absolute atomic E-state index is 13.1. The molecule has 84 valence electrons. The molecule has 1 heterocycles. The Kier molecular flexibility index (Phi) is 2.52. The summed E-state index contributed by atoms with van der Waals surface area (Å²) in [6.07, 6.45) is 0. The lowest BCUT2D eigenvalue weighted by Crippen LogP contribution is -2.03. The van der Waals surface area contributed by atoms with Gasteiger partial charge in [0.15, 0.2) is 11.4 Å². The second-order valence-corrected chi connectivity index (χ2v) is 3.21. The summed E-state index contributed by atoms with van der Waals surface area (Å²) in [5.41, 5.74) is 0.809. The van der Waals surface area contributed by atoms with Crippen molar-refractivity contribution in [2.75, 3.05) is 14.2 Å². The van der Waals surface area contributed by atoms with Crippen molar-refractivity contribution >= 4 is 16.9 Å². The molecule has 0 aliphatic rings. The highest BCUT2D eigenvalue weighted by Crippen LogP contribution is 2.30. The number of H-pyrrole nitrogens is 1. The van der Waals surface area contributed by atoms with Gasteiger partial charge < -0.3 is 14.5 Å². The van der Waals surface area contributed by atoms with E-state index in [0.717, 1.165) is 0 Å². The van der Waals surface area contributed by atoms with Crippen LogP contribution in [-0.4, -0.2) is 25.2 Å². The molecule has 0 atom stereocenters. The van der Waals surface area contributed by atoms with Crippen LogP contribution in [0.5, 0.6) is 5.75 Å². The second-order valence-electron chi connectivity index (χ2n) is 3.21. The molecule has 1 aromatic carbocycles. The van der Waals surface area contributed by atoms with Crippen molar-refractivity contribution in [1.29, 1.82) is 0 Å². The zero-order chi connectivity index (χ0) is 11.7. The minimum atomic E-state index is -0.548. The summed E-state index contributed by atoms with van der Waals surface area (Å²) in [7, 11) is 2.69. The van der Waals surface area contributed by atoms with Gasteiger partial charge in [0.1, 0.15) is 5.82 Å². The molecular weight excluding hydrogens is 213 g/mol. The first kappa shape index (κ1) is 10.5. The molecule has 0 fully saturated rings. The van der Waals surface area contributed by atoms with E-state index in [1.165, 1.54) is 26.4 Å². The van der Waals surface area contributed by atoms with E-state index in [4.69, 9.17) is 4.74 Å². The predicted molar refractivity (Wildman–Crippen MR) is 56.1 cm³/mol. The van der Waals surface area contributed by atoms with E-state index in [9.17, 15) is 9.18 Å². The highest BCUT2D eigenvalue weighted by molar-refractivity contribution is 6.00. The molecule has 1 N–H and O–H groups in total. The van der Waals surface area contributed by atoms with Gasteiger partial charge in [-0.2, -0.15) is 0 Å². The monoisotopic (exact) mass is 223 g/mol. The third-order valence-corrected chi connectivity index (χ3v) is 2.31. The lowest BCUT2D eigenvalue weighted by Gasteiger charge is -2.00. The quantitative estimate of drug-likeness (QED) is 0.793. The Labute approximate surface area is 91.0 Å². The van der Waals surface area contributed by atoms with Gasteiger partial charge in [-0.15, -0.1) is 0 Å². The first-order valence-corrected chi connectivity index (χ1v) is 4.61. The van der Waals surface area contributed by atoms with Crippen molar-refractivity contribution in [3.8, 4) is 5.75 Å². The molecule has 0 radical (unpaired) electrons. The maximum Gasteiger partial charge on any atom is 0.358 e. The number of carbonyl (C=O) groups is 1. The Morgan fingerprint density at radius 1 is 1.38 bits per heavy atom. The number of aromatic nitrogens is 1. The molecule has 0 saturated carbocycles. The van der Waals surface area contributed by atoms with Crippen LogP contribution in [0.15, 0.2) is 18.2 Å². The molecule has 0 amide bonds. The third kappa shape index (κ3) is 1.50. The van der Waals surface area contributed by atoms with Crippen LogP contribution in [0.3, 0.4) is 0 Å². The number of hydrogen-bond donors (Lipinski definition) is 1. The highest BCUT2D eigenvalue weighted by Gasteiger charge is 2.19. The van der Waals surface area contributed by atoms with Crippen LogP contribution < -0.4 is 4.74 Å². The van der Waals surface area contributed by atoms with Crippen LogP contribution in [0.2, 0.25) is 0 Å². The van der Waals surface area contributed by atoms with Gasteiger partial charge >= 0.3 is 5.97 Å². The largest absolute Gasteiger partial charge is 0.494 e. The van der Waals surface area contributed by atoms with Gasteiger partial charge in [0.05, 0.1) is 19.7 Å². The summed E-state index contributed by atoms with van der Waals surface area (Å²) in [6, 6.07) is 4.15. The normalized spacial score (nSPS) is 10.4. The fourth-order valence-electron chi connectivity index (χ4n) is 1.60. The number of nitrogens with one attached hydrogen (secondary N) is 1. The van der Waals surface area contributed by atoms with E-state index < -0.39 is 5.97 Å². The average molecular weight is 223 g/mol. The van der Waals surface area contributed by atoms with Gasteiger partial charge in [-0.25, -0.2) is 9.18 Å². The highest BCUT2D eigenvalue weighted by atomic mass is 19.1. The van der Waals surface area contributed by atoms with Gasteiger partial charge in [-0.1, -0.05) is 0 Å². The van der Waals surface area contributed by atoms with Gasteiger partial charge in [0, 0.05) is 5.39 Å². The van der Waals surface area contributed by atoms with Crippen LogP contribution in [-0.2, 0) is 4.74 Å². The van der Waals surface area contributed by atoms with Crippen LogP contribution in [0.4, 0.5) is 4.39 Å². The Morgan fingerprint density at radius 3 is 2.75 bits per heavy atom. The number of benzene rings is 1. The van der Waals surface area contributed by atoms with E-state index in [1.54, 1.807) is 6.07 Å². The average Bonchev–Trinajstić information content (AvgIpc) is 2.65. The zero-order valence-electron chi connectivity index (χ0n) is 8.83. The number of carbonyl (C=O) groups excluding carboxylic acids is 1. The number of aromatic amines is 1. The Bertz CT molecular complexity index is 547. The van der Waals surface area contributed by atoms with Gasteiger partial charge in [-0.05, 0) is 18.2 Å². The molecule has 2 rings (SSSR count). The molecule has 2 aromatic rings. The molecule has 0 saturated heterocycles. The summed E-state index contributed by atoms with van der Waals surface area (Å²) in [5, 5.41) is 0.517. The minimum Gasteiger partial charge on any atom is -0.494 e. The van der Waals surface area contributed by atoms with Crippen LogP contribution >= 0.6 is 0 Å². The summed E-state index contributed by atoms with van der Waals surface area (Å²) < 4.78 is 22.7. The van der Waals surface area contributed by atoms with Crippen molar-refractivity contribution in [2.45, 2.75) is 0 Å². The van der Waals surface area contributed by atoms with Crippen molar-refractivity contribution in [3.05, 3.63) is 29.7 Å². The first-order valence-electron chi connectivity index (χ1n) is 4.61. The number of halogens is 1. The van der Waals surface area contributed by atoms with E-state index in [2.05, 4.69) is 9.72 Å². The fraction of sp³-hybridized carbons (Fsp3) is 0.182. The van der Waals surface area contributed by atoms with E-state index >= 15 is 0 Å². The van der Waals surface area contributed by atoms with Crippen molar-refractivity contribution in [2.24, 2.45) is 0 Å². The van der Waals surface area contributed by atoms with Crippen LogP contribution in [0.25, 0.3) is 10.9 Å². The summed E-state index contributed by atoms with van der Waals surface area (Å²) in [6.45, 7) is 0. The molecule has 5 heteroatoms. The zero-order valence-corrected chi connectivity index (χ0v) is 8.83. The van der Waals surface area contributed by atoms with E-state index in [1.807, 2.05) is 0 Å². The molecule has 0 unspecified atom stereocenters. The Morgan fingerprint density at radius 2 is 2.12 bits per heavy atom. The van der Waals surface area contributed by atoms with Crippen molar-refractivity contribution < 1.29 is 18.7 Å². The molecule has 1 aromatic heterocycles. The number of ether oxygens (including phenoxy) is 2. The first-order chi connectivity index (χ1) is 7.67. The van der Waals surface area contributed by atoms with Crippen molar-refractivity contribution in [3.63, 3.8) is 0 Å².